The molecule has 61 heavy (non-hydrogen) atoms. The Kier molecular flexibility index (Phi) is 14.7. The van der Waals surface area contributed by atoms with Crippen LogP contribution in [0, 0.1) is 25.5 Å². The van der Waals surface area contributed by atoms with Crippen LogP contribution < -0.4 is 5.73 Å². The van der Waals surface area contributed by atoms with Crippen LogP contribution in [0.2, 0.25) is 0 Å². The van der Waals surface area contributed by atoms with Crippen LogP contribution in [0.5, 0.6) is 0 Å². The van der Waals surface area contributed by atoms with Gasteiger partial charge in [0.1, 0.15) is 29.3 Å². The third-order valence-electron chi connectivity index (χ3n) is 9.40. The monoisotopic (exact) mass is 863 g/mol. The highest BCUT2D eigenvalue weighted by molar-refractivity contribution is 5.84. The molecule has 0 aliphatic heterocycles. The molecule has 0 saturated heterocycles. The number of aryl methyl sites for hydroxylation is 2. The number of rotatable bonds is 10. The van der Waals surface area contributed by atoms with E-state index in [4.69, 9.17) is 10.8 Å². The maximum absolute atomic E-state index is 13.2. The number of nitrogens with zero attached hydrogens (tertiary/aromatic N) is 8. The van der Waals surface area contributed by atoms with E-state index in [0.717, 1.165) is 27.8 Å². The van der Waals surface area contributed by atoms with Crippen LogP contribution in [-0.2, 0) is 28.4 Å². The van der Waals surface area contributed by atoms with Gasteiger partial charge >= 0.3 is 18.3 Å². The lowest BCUT2D eigenvalue weighted by molar-refractivity contribution is -0.142. The molecule has 20 heteroatoms. The quantitative estimate of drug-likeness (QED) is 0.129. The second kappa shape index (κ2) is 18.9. The molecule has 0 bridgehead atoms. The van der Waals surface area contributed by atoms with E-state index in [2.05, 4.69) is 20.2 Å². The molecular formula is C41H45F8N9O3. The van der Waals surface area contributed by atoms with E-state index in [1.54, 1.807) is 52.9 Å². The van der Waals surface area contributed by atoms with Gasteiger partial charge in [-0.1, -0.05) is 27.7 Å². The fourth-order valence-electron chi connectivity index (χ4n) is 6.31. The first kappa shape index (κ1) is 47.3. The van der Waals surface area contributed by atoms with Crippen molar-refractivity contribution >= 4 is 17.4 Å². The number of carbonyl (C=O) groups is 2. The van der Waals surface area contributed by atoms with Crippen LogP contribution in [0.1, 0.15) is 105 Å². The minimum absolute atomic E-state index is 0.00878. The van der Waals surface area contributed by atoms with Gasteiger partial charge in [0.05, 0.1) is 46.9 Å². The lowest BCUT2D eigenvalue weighted by Crippen LogP contribution is -2.20. The van der Waals surface area contributed by atoms with Gasteiger partial charge in [0.15, 0.2) is 17.2 Å². The molecule has 3 N–H and O–H groups in total. The molecule has 12 nitrogen and oxygen atoms in total. The molecule has 6 aromatic rings. The second-order valence-electron chi connectivity index (χ2n) is 14.6. The Bertz CT molecular complexity index is 2430. The molecule has 2 atom stereocenters. The molecule has 0 fully saturated rings. The predicted molar refractivity (Wildman–Crippen MR) is 209 cm³/mol. The minimum atomic E-state index is -4.57. The highest BCUT2D eigenvalue weighted by atomic mass is 19.4. The third kappa shape index (κ3) is 11.5. The van der Waals surface area contributed by atoms with Gasteiger partial charge in [0.25, 0.3) is 0 Å². The summed E-state index contributed by atoms with van der Waals surface area (Å²) in [6, 6.07) is 10.2. The average Bonchev–Trinajstić information content (AvgIpc) is 3.97. The van der Waals surface area contributed by atoms with Crippen LogP contribution in [0.3, 0.4) is 0 Å². The van der Waals surface area contributed by atoms with E-state index >= 15 is 0 Å². The van der Waals surface area contributed by atoms with Gasteiger partial charge < -0.3 is 20.0 Å². The van der Waals surface area contributed by atoms with Crippen molar-refractivity contribution in [2.45, 2.75) is 98.1 Å². The highest BCUT2D eigenvalue weighted by Gasteiger charge is 2.36. The fourth-order valence-corrected chi connectivity index (χ4v) is 6.31. The number of aliphatic carboxylic acids is 1. The van der Waals surface area contributed by atoms with Crippen LogP contribution in [0.25, 0.3) is 11.4 Å². The van der Waals surface area contributed by atoms with Crippen molar-refractivity contribution in [1.29, 1.82) is 0 Å². The molecule has 4 aromatic heterocycles. The Morgan fingerprint density at radius 2 is 1.05 bits per heavy atom. The molecule has 0 amide bonds. The lowest BCUT2D eigenvalue weighted by Gasteiger charge is -2.16. The van der Waals surface area contributed by atoms with Gasteiger partial charge in [-0.15, -0.1) is 0 Å². The summed E-state index contributed by atoms with van der Waals surface area (Å²) in [7, 11) is 0. The van der Waals surface area contributed by atoms with Gasteiger partial charge in [-0.3, -0.25) is 4.79 Å². The van der Waals surface area contributed by atoms with Gasteiger partial charge in [-0.25, -0.2) is 32.9 Å². The average molecular weight is 864 g/mol. The molecule has 6 rings (SSSR count). The van der Waals surface area contributed by atoms with Gasteiger partial charge in [0.2, 0.25) is 0 Å². The first-order chi connectivity index (χ1) is 28.3. The van der Waals surface area contributed by atoms with Crippen molar-refractivity contribution in [3.05, 3.63) is 125 Å². The number of hydrogen-bond acceptors (Lipinski definition) is 7. The number of anilines is 1. The molecule has 328 valence electrons. The summed E-state index contributed by atoms with van der Waals surface area (Å²) in [4.78, 5) is 30.2. The Labute approximate surface area is 345 Å². The number of alkyl halides is 6. The van der Waals surface area contributed by atoms with E-state index in [0.29, 0.717) is 23.1 Å². The molecular weight excluding hydrogens is 818 g/mol. The summed E-state index contributed by atoms with van der Waals surface area (Å²) in [6.07, 6.45) is -4.34. The largest absolute Gasteiger partial charge is 0.480 e. The number of imidazole rings is 2. The number of nitrogens with two attached hydrogens (primary N) is 1. The smallest absolute Gasteiger partial charge is 0.434 e. The van der Waals surface area contributed by atoms with E-state index in [1.165, 1.54) is 49.6 Å². The molecule has 0 radical (unpaired) electrons. The second-order valence-corrected chi connectivity index (χ2v) is 14.6. The van der Waals surface area contributed by atoms with Gasteiger partial charge in [-0.2, -0.15) is 36.5 Å². The number of carboxylic acids is 1. The number of hydrogen-bond donors (Lipinski definition) is 2. The molecule has 4 heterocycles. The molecule has 2 aromatic carbocycles. The van der Waals surface area contributed by atoms with Crippen LogP contribution in [0.15, 0.2) is 73.3 Å². The summed E-state index contributed by atoms with van der Waals surface area (Å²) in [5.41, 5.74) is 8.32. The maximum Gasteiger partial charge on any atom is 0.434 e. The zero-order chi connectivity index (χ0) is 45.7. The number of Topliss-reactive ketones (excluding diaryl/α,β-unsaturated/α-hetero) is 1. The van der Waals surface area contributed by atoms with Crippen molar-refractivity contribution in [2.24, 2.45) is 0 Å². The van der Waals surface area contributed by atoms with E-state index in [9.17, 15) is 44.7 Å². The Morgan fingerprint density at radius 1 is 0.656 bits per heavy atom. The third-order valence-corrected chi connectivity index (χ3v) is 9.40. The summed E-state index contributed by atoms with van der Waals surface area (Å²) < 4.78 is 107. The molecule has 0 aliphatic rings. The lowest BCUT2D eigenvalue weighted by atomic mass is 9.99. The number of ketones is 1. The molecule has 0 aliphatic carbocycles. The van der Waals surface area contributed by atoms with Crippen molar-refractivity contribution in [1.82, 2.24) is 38.7 Å². The normalized spacial score (nSPS) is 12.8. The predicted octanol–water partition coefficient (Wildman–Crippen LogP) is 9.60. The van der Waals surface area contributed by atoms with Crippen molar-refractivity contribution in [3.8, 4) is 11.4 Å². The summed E-state index contributed by atoms with van der Waals surface area (Å²) in [6.45, 7) is 13.6. The molecule has 0 saturated carbocycles. The highest BCUT2D eigenvalue weighted by Crippen LogP contribution is 2.31. The van der Waals surface area contributed by atoms with Crippen LogP contribution >= 0.6 is 0 Å². The standard InChI is InChI=1S/C21H22F4N4O.C12H14FN3.C8H9F3N2O2/c1-12(2)20-15(10-26-29(20)17-7-5-16(22)6-8-17)9-18(30)13(3)28-11-19(21(23,24)25)27-14(28)4;1-8(2)12-11(14)7-15-16(12)10-5-3-9(13)4-6-10;1-4(7(14)15)13-3-6(8(9,10)11)12-5(13)2/h5-8,10-13H,9H2,1-4H3;3-8H,14H2,1-2H3;3-4H,1-2H3,(H,14,15). The maximum atomic E-state index is 13.2. The summed E-state index contributed by atoms with van der Waals surface area (Å²) in [5.74, 6) is -1.65. The molecule has 2 unspecified atom stereocenters. The SMILES string of the molecule is CC(C)c1c(N)cnn1-c1ccc(F)cc1.Cc1nc(C(F)(F)F)cn1C(C)C(=O)Cc1cnn(-c2ccc(F)cc2)c1C(C)C.Cc1nc(C(F)(F)F)cn1C(C)C(=O)O. The first-order valence-corrected chi connectivity index (χ1v) is 18.7. The molecule has 0 spiro atoms. The number of halogens is 8. The number of aromatic nitrogens is 8. The van der Waals surface area contributed by atoms with Crippen molar-refractivity contribution in [3.63, 3.8) is 0 Å². The van der Waals surface area contributed by atoms with Gasteiger partial charge in [0, 0.05) is 24.4 Å². The number of nitrogen functional groups attached to an aromatic ring is 1. The Hall–Kier alpha value is -6.34. The van der Waals surface area contributed by atoms with E-state index in [-0.39, 0.29) is 47.3 Å². The fraction of sp³-hybridized carbons (Fsp3) is 0.366. The first-order valence-electron chi connectivity index (χ1n) is 18.7. The Balaban J connectivity index is 0.000000222. The Morgan fingerprint density at radius 3 is 1.43 bits per heavy atom. The van der Waals surface area contributed by atoms with Crippen LogP contribution in [-0.4, -0.2) is 55.5 Å². The minimum Gasteiger partial charge on any atom is -0.480 e. The summed E-state index contributed by atoms with van der Waals surface area (Å²) >= 11 is 0. The number of carbonyl (C=O) groups excluding carboxylic acids is 1. The zero-order valence-electron chi connectivity index (χ0n) is 34.4. The zero-order valence-corrected chi connectivity index (χ0v) is 34.4. The summed E-state index contributed by atoms with van der Waals surface area (Å²) in [5, 5.41) is 17.2. The van der Waals surface area contributed by atoms with Gasteiger partial charge in [-0.05, 0) is 88.1 Å². The number of benzene rings is 2. The topological polar surface area (TPSA) is 152 Å². The van der Waals surface area contributed by atoms with E-state index in [1.807, 2.05) is 27.7 Å². The van der Waals surface area contributed by atoms with E-state index < -0.39 is 41.8 Å². The number of carboxylic acid groups (broad SMARTS) is 1. The van der Waals surface area contributed by atoms with Crippen LogP contribution in [0.4, 0.5) is 40.8 Å². The van der Waals surface area contributed by atoms with Crippen molar-refractivity contribution < 1.29 is 49.8 Å². The van der Waals surface area contributed by atoms with Crippen molar-refractivity contribution in [2.75, 3.05) is 5.73 Å².